The van der Waals surface area contributed by atoms with Crippen LogP contribution >= 0.6 is 12.4 Å². The second-order valence-electron chi connectivity index (χ2n) is 4.27. The minimum absolute atomic E-state index is 0. The fourth-order valence-corrected chi connectivity index (χ4v) is 1.89. The molecule has 0 saturated carbocycles. The van der Waals surface area contributed by atoms with Crippen LogP contribution in [0.4, 0.5) is 10.5 Å². The molecule has 108 valence electrons. The first-order chi connectivity index (χ1) is 8.97. The predicted octanol–water partition coefficient (Wildman–Crippen LogP) is 0.238. The first-order valence-electron chi connectivity index (χ1n) is 5.65. The van der Waals surface area contributed by atoms with Gasteiger partial charge in [0.2, 0.25) is 0 Å². The number of imide groups is 1. The number of nitrogens with two attached hydrogens (primary N) is 1. The molecule has 0 bridgehead atoms. The highest BCUT2D eigenvalue weighted by molar-refractivity contribution is 6.06. The number of anilines is 1. The van der Waals surface area contributed by atoms with Crippen LogP contribution < -0.4 is 11.1 Å². The third kappa shape index (κ3) is 3.39. The number of urea groups is 1. The maximum Gasteiger partial charge on any atom is 0.325 e. The van der Waals surface area contributed by atoms with Gasteiger partial charge in [-0.1, -0.05) is 12.1 Å². The van der Waals surface area contributed by atoms with Gasteiger partial charge in [-0.2, -0.15) is 0 Å². The Hall–Kier alpha value is -2.28. The Morgan fingerprint density at radius 1 is 1.30 bits per heavy atom. The van der Waals surface area contributed by atoms with E-state index in [4.69, 9.17) is 10.8 Å². The molecule has 1 fully saturated rings. The molecule has 1 heterocycles. The normalized spacial score (nSPS) is 17.6. The van der Waals surface area contributed by atoms with E-state index in [9.17, 15) is 14.4 Å². The average Bonchev–Trinajstić information content (AvgIpc) is 2.60. The Kier molecular flexibility index (Phi) is 4.93. The Balaban J connectivity index is 0.00000200. The second kappa shape index (κ2) is 6.25. The molecule has 0 aromatic heterocycles. The molecule has 1 atom stereocenters. The van der Waals surface area contributed by atoms with Crippen molar-refractivity contribution in [3.63, 3.8) is 0 Å². The fraction of sp³-hybridized carbons (Fsp3) is 0.250. The van der Waals surface area contributed by atoms with Crippen molar-refractivity contribution in [3.8, 4) is 0 Å². The number of carbonyl (C=O) groups excluding carboxylic acids is 2. The highest BCUT2D eigenvalue weighted by Crippen LogP contribution is 2.13. The summed E-state index contributed by atoms with van der Waals surface area (Å²) in [7, 11) is 0. The minimum Gasteiger partial charge on any atom is -0.480 e. The number of aliphatic carboxylic acids is 1. The lowest BCUT2D eigenvalue weighted by Crippen LogP contribution is -2.36. The maximum atomic E-state index is 11.9. The first-order valence-corrected chi connectivity index (χ1v) is 5.65. The van der Waals surface area contributed by atoms with E-state index in [0.29, 0.717) is 17.0 Å². The van der Waals surface area contributed by atoms with Crippen molar-refractivity contribution < 1.29 is 19.5 Å². The van der Waals surface area contributed by atoms with Crippen LogP contribution in [0.25, 0.3) is 0 Å². The lowest BCUT2D eigenvalue weighted by atomic mass is 10.1. The number of halogens is 1. The zero-order chi connectivity index (χ0) is 14.0. The van der Waals surface area contributed by atoms with Crippen LogP contribution in [0.2, 0.25) is 0 Å². The molecule has 0 spiro atoms. The molecule has 8 heteroatoms. The number of carbonyl (C=O) groups is 3. The van der Waals surface area contributed by atoms with Gasteiger partial charge < -0.3 is 16.2 Å². The fourth-order valence-electron chi connectivity index (χ4n) is 1.89. The molecule has 0 radical (unpaired) electrons. The number of amides is 3. The van der Waals surface area contributed by atoms with E-state index >= 15 is 0 Å². The van der Waals surface area contributed by atoms with E-state index in [1.54, 1.807) is 24.3 Å². The summed E-state index contributed by atoms with van der Waals surface area (Å²) in [5.41, 5.74) is 7.00. The van der Waals surface area contributed by atoms with Crippen LogP contribution in [0.1, 0.15) is 5.56 Å². The molecular formula is C12H14ClN3O4. The van der Waals surface area contributed by atoms with Crippen LogP contribution in [0, 0.1) is 0 Å². The summed E-state index contributed by atoms with van der Waals surface area (Å²) in [5.74, 6) is -1.75. The second-order valence-corrected chi connectivity index (χ2v) is 4.27. The summed E-state index contributed by atoms with van der Waals surface area (Å²) in [5, 5.41) is 11.1. The van der Waals surface area contributed by atoms with Crippen molar-refractivity contribution in [3.05, 3.63) is 29.8 Å². The number of nitrogens with one attached hydrogen (secondary N) is 1. The van der Waals surface area contributed by atoms with E-state index in [1.807, 2.05) is 0 Å². The van der Waals surface area contributed by atoms with Gasteiger partial charge in [0.15, 0.2) is 0 Å². The van der Waals surface area contributed by atoms with Gasteiger partial charge in [0, 0.05) is 12.1 Å². The van der Waals surface area contributed by atoms with Crippen molar-refractivity contribution in [1.82, 2.24) is 10.2 Å². The van der Waals surface area contributed by atoms with Gasteiger partial charge in [0.25, 0.3) is 5.91 Å². The number of carboxylic acid groups (broad SMARTS) is 1. The predicted molar refractivity (Wildman–Crippen MR) is 73.5 cm³/mol. The number of hydrogen-bond donors (Lipinski definition) is 3. The maximum absolute atomic E-state index is 11.9. The van der Waals surface area contributed by atoms with Crippen molar-refractivity contribution in [2.45, 2.75) is 12.5 Å². The van der Waals surface area contributed by atoms with E-state index in [0.717, 1.165) is 5.56 Å². The van der Waals surface area contributed by atoms with Crippen molar-refractivity contribution in [1.29, 1.82) is 0 Å². The SMILES string of the molecule is Cl.Nc1ccc(C[C@@H]2NC(=O)N(CC(=O)O)C2=O)cc1. The van der Waals surface area contributed by atoms with Gasteiger partial charge in [-0.25, -0.2) is 4.79 Å². The zero-order valence-electron chi connectivity index (χ0n) is 10.4. The van der Waals surface area contributed by atoms with Crippen molar-refractivity contribution in [2.75, 3.05) is 12.3 Å². The van der Waals surface area contributed by atoms with E-state index in [-0.39, 0.29) is 12.4 Å². The summed E-state index contributed by atoms with van der Waals surface area (Å²) in [4.78, 5) is 34.6. The van der Waals surface area contributed by atoms with E-state index in [1.165, 1.54) is 0 Å². The molecule has 1 aromatic rings. The summed E-state index contributed by atoms with van der Waals surface area (Å²) in [6, 6.07) is 5.52. The highest BCUT2D eigenvalue weighted by atomic mass is 35.5. The number of nitrogens with zero attached hydrogens (tertiary/aromatic N) is 1. The molecular weight excluding hydrogens is 286 g/mol. The smallest absolute Gasteiger partial charge is 0.325 e. The molecule has 20 heavy (non-hydrogen) atoms. The van der Waals surface area contributed by atoms with Gasteiger partial charge in [0.05, 0.1) is 0 Å². The third-order valence-electron chi connectivity index (χ3n) is 2.82. The van der Waals surface area contributed by atoms with Crippen LogP contribution in [-0.2, 0) is 16.0 Å². The van der Waals surface area contributed by atoms with Crippen LogP contribution in [0.5, 0.6) is 0 Å². The van der Waals surface area contributed by atoms with Crippen LogP contribution in [-0.4, -0.2) is 40.5 Å². The molecule has 7 nitrogen and oxygen atoms in total. The zero-order valence-corrected chi connectivity index (χ0v) is 11.2. The van der Waals surface area contributed by atoms with Crippen LogP contribution in [0.15, 0.2) is 24.3 Å². The molecule has 1 aliphatic heterocycles. The number of hydrogen-bond acceptors (Lipinski definition) is 4. The highest BCUT2D eigenvalue weighted by Gasteiger charge is 2.38. The summed E-state index contributed by atoms with van der Waals surface area (Å²) in [6.07, 6.45) is 0.307. The summed E-state index contributed by atoms with van der Waals surface area (Å²) >= 11 is 0. The van der Waals surface area contributed by atoms with Gasteiger partial charge in [-0.15, -0.1) is 12.4 Å². The molecule has 3 amide bonds. The largest absolute Gasteiger partial charge is 0.480 e. The molecule has 1 saturated heterocycles. The Morgan fingerprint density at radius 2 is 1.90 bits per heavy atom. The molecule has 2 rings (SSSR count). The Morgan fingerprint density at radius 3 is 2.45 bits per heavy atom. The number of carboxylic acids is 1. The third-order valence-corrected chi connectivity index (χ3v) is 2.82. The minimum atomic E-state index is -1.23. The van der Waals surface area contributed by atoms with Crippen molar-refractivity contribution >= 4 is 36.0 Å². The Bertz CT molecular complexity index is 532. The topological polar surface area (TPSA) is 113 Å². The van der Waals surface area contributed by atoms with Gasteiger partial charge in [-0.3, -0.25) is 14.5 Å². The van der Waals surface area contributed by atoms with E-state index in [2.05, 4.69) is 5.32 Å². The molecule has 1 aromatic carbocycles. The molecule has 1 aliphatic rings. The molecule has 0 aliphatic carbocycles. The number of nitrogen functional groups attached to an aromatic ring is 1. The van der Waals surface area contributed by atoms with Gasteiger partial charge in [0.1, 0.15) is 12.6 Å². The number of rotatable bonds is 4. The monoisotopic (exact) mass is 299 g/mol. The van der Waals surface area contributed by atoms with E-state index < -0.39 is 30.5 Å². The Labute approximate surface area is 121 Å². The quantitative estimate of drug-likeness (QED) is 0.544. The molecule has 4 N–H and O–H groups in total. The van der Waals surface area contributed by atoms with Crippen molar-refractivity contribution in [2.24, 2.45) is 0 Å². The van der Waals surface area contributed by atoms with Gasteiger partial charge >= 0.3 is 12.0 Å². The van der Waals surface area contributed by atoms with Gasteiger partial charge in [-0.05, 0) is 17.7 Å². The number of benzene rings is 1. The molecule has 0 unspecified atom stereocenters. The summed E-state index contributed by atoms with van der Waals surface area (Å²) < 4.78 is 0. The first kappa shape index (κ1) is 15.8. The summed E-state index contributed by atoms with van der Waals surface area (Å²) in [6.45, 7) is -0.622. The van der Waals surface area contributed by atoms with Crippen LogP contribution in [0.3, 0.4) is 0 Å². The standard InChI is InChI=1S/C12H13N3O4.ClH/c13-8-3-1-7(2-4-8)5-9-11(18)15(6-10(16)17)12(19)14-9;/h1-4,9H,5-6,13H2,(H,14,19)(H,16,17);1H/t9-;/m0./s1. The lowest BCUT2D eigenvalue weighted by molar-refractivity contribution is -0.141. The average molecular weight is 300 g/mol. The lowest BCUT2D eigenvalue weighted by Gasteiger charge is -2.10.